The van der Waals surface area contributed by atoms with E-state index in [0.717, 1.165) is 23.4 Å². The number of nitrogens with zero attached hydrogens (tertiary/aromatic N) is 3. The highest BCUT2D eigenvalue weighted by Gasteiger charge is 2.09. The molecule has 0 saturated heterocycles. The number of benzene rings is 2. The molecule has 0 aliphatic rings. The van der Waals surface area contributed by atoms with Gasteiger partial charge in [-0.2, -0.15) is 10.2 Å². The molecule has 0 bridgehead atoms. The fraction of sp³-hybridized carbons (Fsp3) is 0.227. The van der Waals surface area contributed by atoms with E-state index < -0.39 is 0 Å². The second-order valence-corrected chi connectivity index (χ2v) is 7.18. The van der Waals surface area contributed by atoms with Gasteiger partial charge in [-0.25, -0.2) is 4.98 Å². The van der Waals surface area contributed by atoms with Gasteiger partial charge in [0.2, 0.25) is 5.88 Å². The summed E-state index contributed by atoms with van der Waals surface area (Å²) >= 11 is 1.51. The standard InChI is InChI=1S/C22H21N3OS/c1-4-19-12-21(26-20-10-9-15(2)16(3)11-20)25-22(24-19)27-14-18-8-6-5-7-17(18)13-23/h5-12H,4,14H2,1-3H3. The molecule has 4 nitrogen and oxygen atoms in total. The Hall–Kier alpha value is -2.84. The van der Waals surface area contributed by atoms with Crippen molar-refractivity contribution in [3.8, 4) is 17.7 Å². The van der Waals surface area contributed by atoms with Gasteiger partial charge >= 0.3 is 0 Å². The van der Waals surface area contributed by atoms with Crippen molar-refractivity contribution in [3.05, 3.63) is 76.5 Å². The van der Waals surface area contributed by atoms with Crippen LogP contribution in [0.2, 0.25) is 0 Å². The Morgan fingerprint density at radius 3 is 2.59 bits per heavy atom. The van der Waals surface area contributed by atoms with Gasteiger partial charge in [0.25, 0.3) is 0 Å². The van der Waals surface area contributed by atoms with Crippen LogP contribution in [0.1, 0.15) is 34.9 Å². The van der Waals surface area contributed by atoms with Gasteiger partial charge in [0.15, 0.2) is 5.16 Å². The van der Waals surface area contributed by atoms with Gasteiger partial charge in [0, 0.05) is 17.5 Å². The summed E-state index contributed by atoms with van der Waals surface area (Å²) in [5.74, 6) is 1.95. The van der Waals surface area contributed by atoms with Crippen LogP contribution < -0.4 is 4.74 Å². The van der Waals surface area contributed by atoms with Crippen LogP contribution in [-0.2, 0) is 12.2 Å². The third-order valence-corrected chi connectivity index (χ3v) is 5.19. The van der Waals surface area contributed by atoms with Crippen molar-refractivity contribution < 1.29 is 4.74 Å². The molecule has 1 heterocycles. The lowest BCUT2D eigenvalue weighted by Crippen LogP contribution is -1.98. The van der Waals surface area contributed by atoms with Crippen LogP contribution in [0.4, 0.5) is 0 Å². The molecular formula is C22H21N3OS. The highest BCUT2D eigenvalue weighted by atomic mass is 32.2. The first kappa shape index (κ1) is 18.9. The molecule has 3 rings (SSSR count). The van der Waals surface area contributed by atoms with Crippen molar-refractivity contribution in [2.24, 2.45) is 0 Å². The summed E-state index contributed by atoms with van der Waals surface area (Å²) in [6.45, 7) is 6.20. The van der Waals surface area contributed by atoms with Crippen molar-refractivity contribution in [2.75, 3.05) is 0 Å². The van der Waals surface area contributed by atoms with Crippen LogP contribution in [0.5, 0.6) is 11.6 Å². The summed E-state index contributed by atoms with van der Waals surface area (Å²) in [6, 6.07) is 17.7. The molecule has 0 N–H and O–H groups in total. The molecule has 0 saturated carbocycles. The summed E-state index contributed by atoms with van der Waals surface area (Å²) in [5, 5.41) is 9.89. The molecular weight excluding hydrogens is 354 g/mol. The minimum Gasteiger partial charge on any atom is -0.439 e. The first-order chi connectivity index (χ1) is 13.1. The second-order valence-electron chi connectivity index (χ2n) is 6.24. The fourth-order valence-corrected chi connectivity index (χ4v) is 3.42. The molecule has 136 valence electrons. The number of hydrogen-bond acceptors (Lipinski definition) is 5. The molecule has 0 aliphatic heterocycles. The van der Waals surface area contributed by atoms with E-state index in [1.807, 2.05) is 48.5 Å². The summed E-state index contributed by atoms with van der Waals surface area (Å²) in [7, 11) is 0. The number of ether oxygens (including phenoxy) is 1. The fourth-order valence-electron chi connectivity index (χ4n) is 2.54. The second kappa shape index (κ2) is 8.70. The average Bonchev–Trinajstić information content (AvgIpc) is 2.69. The van der Waals surface area contributed by atoms with Crippen LogP contribution in [-0.4, -0.2) is 9.97 Å². The highest BCUT2D eigenvalue weighted by Crippen LogP contribution is 2.27. The van der Waals surface area contributed by atoms with Gasteiger partial charge in [0.1, 0.15) is 5.75 Å². The average molecular weight is 375 g/mol. The molecule has 0 aliphatic carbocycles. The molecule has 5 heteroatoms. The summed E-state index contributed by atoms with van der Waals surface area (Å²) in [6.07, 6.45) is 0.800. The zero-order valence-corrected chi connectivity index (χ0v) is 16.5. The van der Waals surface area contributed by atoms with E-state index in [4.69, 9.17) is 4.74 Å². The maximum Gasteiger partial charge on any atom is 0.223 e. The normalized spacial score (nSPS) is 10.4. The van der Waals surface area contributed by atoms with Gasteiger partial charge in [0.05, 0.1) is 11.6 Å². The number of aromatic nitrogens is 2. The van der Waals surface area contributed by atoms with Crippen LogP contribution in [0, 0.1) is 25.2 Å². The van der Waals surface area contributed by atoms with Gasteiger partial charge in [-0.3, -0.25) is 0 Å². The molecule has 0 amide bonds. The Morgan fingerprint density at radius 1 is 1.04 bits per heavy atom. The summed E-state index contributed by atoms with van der Waals surface area (Å²) < 4.78 is 5.98. The van der Waals surface area contributed by atoms with E-state index in [1.165, 1.54) is 22.9 Å². The molecule has 0 radical (unpaired) electrons. The van der Waals surface area contributed by atoms with Gasteiger partial charge in [-0.1, -0.05) is 43.0 Å². The van der Waals surface area contributed by atoms with Crippen molar-refractivity contribution in [2.45, 2.75) is 38.1 Å². The van der Waals surface area contributed by atoms with Crippen molar-refractivity contribution >= 4 is 11.8 Å². The van der Waals surface area contributed by atoms with Crippen LogP contribution >= 0.6 is 11.8 Å². The lowest BCUT2D eigenvalue weighted by Gasteiger charge is -2.10. The van der Waals surface area contributed by atoms with Crippen molar-refractivity contribution in [3.63, 3.8) is 0 Å². The van der Waals surface area contributed by atoms with E-state index in [-0.39, 0.29) is 0 Å². The van der Waals surface area contributed by atoms with Crippen LogP contribution in [0.25, 0.3) is 0 Å². The molecule has 3 aromatic rings. The van der Waals surface area contributed by atoms with E-state index in [0.29, 0.717) is 22.4 Å². The zero-order valence-electron chi connectivity index (χ0n) is 15.7. The Kier molecular flexibility index (Phi) is 6.10. The SMILES string of the molecule is CCc1cc(Oc2ccc(C)c(C)c2)nc(SCc2ccccc2C#N)n1. The van der Waals surface area contributed by atoms with Gasteiger partial charge < -0.3 is 4.74 Å². The van der Waals surface area contributed by atoms with Crippen LogP contribution in [0.3, 0.4) is 0 Å². The number of rotatable bonds is 6. The van der Waals surface area contributed by atoms with E-state index in [1.54, 1.807) is 0 Å². The Morgan fingerprint density at radius 2 is 1.85 bits per heavy atom. The molecule has 1 aromatic heterocycles. The smallest absolute Gasteiger partial charge is 0.223 e. The first-order valence-corrected chi connectivity index (χ1v) is 9.81. The maximum atomic E-state index is 9.24. The van der Waals surface area contributed by atoms with Gasteiger partial charge in [-0.05, 0) is 55.2 Å². The zero-order chi connectivity index (χ0) is 19.2. The van der Waals surface area contributed by atoms with E-state index in [2.05, 4.69) is 36.8 Å². The van der Waals surface area contributed by atoms with Gasteiger partial charge in [-0.15, -0.1) is 0 Å². The van der Waals surface area contributed by atoms with Crippen molar-refractivity contribution in [1.82, 2.24) is 9.97 Å². The Labute approximate surface area is 164 Å². The van der Waals surface area contributed by atoms with E-state index >= 15 is 0 Å². The largest absolute Gasteiger partial charge is 0.439 e. The summed E-state index contributed by atoms with van der Waals surface area (Å²) in [4.78, 5) is 9.13. The number of nitriles is 1. The molecule has 0 fully saturated rings. The topological polar surface area (TPSA) is 58.8 Å². The third kappa shape index (κ3) is 4.87. The number of hydrogen-bond donors (Lipinski definition) is 0. The predicted octanol–water partition coefficient (Wildman–Crippen LogP) is 5.61. The van der Waals surface area contributed by atoms with Crippen LogP contribution in [0.15, 0.2) is 53.7 Å². The Bertz CT molecular complexity index is 995. The molecule has 0 atom stereocenters. The molecule has 0 spiro atoms. The lowest BCUT2D eigenvalue weighted by atomic mass is 10.1. The monoisotopic (exact) mass is 375 g/mol. The molecule has 2 aromatic carbocycles. The minimum absolute atomic E-state index is 0.543. The number of thioether (sulfide) groups is 1. The lowest BCUT2D eigenvalue weighted by molar-refractivity contribution is 0.453. The molecule has 27 heavy (non-hydrogen) atoms. The molecule has 0 unspecified atom stereocenters. The van der Waals surface area contributed by atoms with Crippen molar-refractivity contribution in [1.29, 1.82) is 5.26 Å². The predicted molar refractivity (Wildman–Crippen MR) is 108 cm³/mol. The first-order valence-electron chi connectivity index (χ1n) is 8.83. The third-order valence-electron chi connectivity index (χ3n) is 4.29. The maximum absolute atomic E-state index is 9.24. The summed E-state index contributed by atoms with van der Waals surface area (Å²) in [5.41, 5.74) is 5.00. The quantitative estimate of drug-likeness (QED) is 0.414. The number of aryl methyl sites for hydroxylation is 3. The van der Waals surface area contributed by atoms with E-state index in [9.17, 15) is 5.26 Å². The Balaban J connectivity index is 1.80. The highest BCUT2D eigenvalue weighted by molar-refractivity contribution is 7.98. The minimum atomic E-state index is 0.543.